The van der Waals surface area contributed by atoms with Crippen molar-refractivity contribution in [3.05, 3.63) is 29.8 Å². The number of hydrogen-bond donors (Lipinski definition) is 1. The van der Waals surface area contributed by atoms with E-state index in [2.05, 4.69) is 0 Å². The summed E-state index contributed by atoms with van der Waals surface area (Å²) in [5.74, 6) is -0.198. The lowest BCUT2D eigenvalue weighted by Gasteiger charge is -2.26. The van der Waals surface area contributed by atoms with Gasteiger partial charge in [0.05, 0.1) is 18.1 Å². The van der Waals surface area contributed by atoms with Crippen LogP contribution in [-0.4, -0.2) is 17.7 Å². The summed E-state index contributed by atoms with van der Waals surface area (Å²) in [5.41, 5.74) is -0.103. The third kappa shape index (κ3) is 3.01. The number of aromatic hydroxyl groups is 1. The molecule has 0 heterocycles. The molecule has 0 aliphatic carbocycles. The maximum atomic E-state index is 12.1. The molecule has 1 N–H and O–H groups in total. The molecule has 0 saturated heterocycles. The topological polar surface area (TPSA) is 70.3 Å². The van der Waals surface area contributed by atoms with E-state index in [0.717, 1.165) is 5.56 Å². The smallest absolute Gasteiger partial charge is 0.316 e. The van der Waals surface area contributed by atoms with E-state index >= 15 is 0 Å². The average molecular weight is 247 g/mol. The Hall–Kier alpha value is -2.02. The molecule has 1 rings (SSSR count). The van der Waals surface area contributed by atoms with Gasteiger partial charge in [-0.25, -0.2) is 0 Å². The number of benzene rings is 1. The number of nitrogens with zero attached hydrogens (tertiary/aromatic N) is 1. The number of carbonyl (C=O) groups is 1. The van der Waals surface area contributed by atoms with Gasteiger partial charge in [-0.1, -0.05) is 12.1 Å². The maximum absolute atomic E-state index is 12.1. The Morgan fingerprint density at radius 2 is 2.06 bits per heavy atom. The number of esters is 1. The average Bonchev–Trinajstić information content (AvgIpc) is 2.37. The molecule has 0 radical (unpaired) electrons. The second-order valence-electron chi connectivity index (χ2n) is 4.26. The Morgan fingerprint density at radius 3 is 2.56 bits per heavy atom. The fourth-order valence-electron chi connectivity index (χ4n) is 1.79. The van der Waals surface area contributed by atoms with Gasteiger partial charge in [0.2, 0.25) is 0 Å². The van der Waals surface area contributed by atoms with Crippen LogP contribution in [0.5, 0.6) is 5.75 Å². The van der Waals surface area contributed by atoms with Gasteiger partial charge in [0.15, 0.2) is 0 Å². The zero-order valence-electron chi connectivity index (χ0n) is 10.6. The molecule has 0 aliphatic heterocycles. The number of hydrogen-bond acceptors (Lipinski definition) is 4. The Balaban J connectivity index is 3.07. The number of ether oxygens (including phenoxy) is 1. The summed E-state index contributed by atoms with van der Waals surface area (Å²) in [6.45, 7) is 3.81. The summed E-state index contributed by atoms with van der Waals surface area (Å²) < 4.78 is 5.08. The van der Waals surface area contributed by atoms with Gasteiger partial charge < -0.3 is 9.84 Å². The van der Waals surface area contributed by atoms with Gasteiger partial charge in [0, 0.05) is 6.42 Å². The standard InChI is InChI=1S/C14H17NO3/c1-3-18-13(17)14(2,9-4-10-15)11-5-7-12(16)8-6-11/h5-8,16H,3-4,9H2,1-2H3. The van der Waals surface area contributed by atoms with E-state index in [9.17, 15) is 9.90 Å². The van der Waals surface area contributed by atoms with Gasteiger partial charge in [-0.15, -0.1) is 0 Å². The largest absolute Gasteiger partial charge is 0.508 e. The fourth-order valence-corrected chi connectivity index (χ4v) is 1.79. The van der Waals surface area contributed by atoms with Crippen molar-refractivity contribution < 1.29 is 14.6 Å². The van der Waals surface area contributed by atoms with Crippen molar-refractivity contribution in [1.29, 1.82) is 5.26 Å². The minimum atomic E-state index is -0.848. The monoisotopic (exact) mass is 247 g/mol. The molecule has 1 atom stereocenters. The number of rotatable bonds is 5. The van der Waals surface area contributed by atoms with E-state index in [1.165, 1.54) is 12.1 Å². The van der Waals surface area contributed by atoms with Crippen molar-refractivity contribution in [1.82, 2.24) is 0 Å². The molecule has 0 bridgehead atoms. The summed E-state index contributed by atoms with van der Waals surface area (Å²) in [4.78, 5) is 12.1. The van der Waals surface area contributed by atoms with Crippen molar-refractivity contribution in [3.8, 4) is 11.8 Å². The summed E-state index contributed by atoms with van der Waals surface area (Å²) in [5, 5.41) is 18.0. The predicted octanol–water partition coefficient (Wildman–Crippen LogP) is 2.52. The lowest BCUT2D eigenvalue weighted by atomic mass is 9.78. The van der Waals surface area contributed by atoms with Crippen LogP contribution in [0.25, 0.3) is 0 Å². The number of phenolic OH excluding ortho intramolecular Hbond substituents is 1. The molecule has 96 valence electrons. The van der Waals surface area contributed by atoms with Gasteiger partial charge in [-0.3, -0.25) is 4.79 Å². The lowest BCUT2D eigenvalue weighted by Crippen LogP contribution is -2.34. The molecule has 0 saturated carbocycles. The number of phenols is 1. The van der Waals surface area contributed by atoms with E-state index in [-0.39, 0.29) is 18.1 Å². The van der Waals surface area contributed by atoms with Crippen molar-refractivity contribution in [2.24, 2.45) is 0 Å². The molecule has 18 heavy (non-hydrogen) atoms. The first-order valence-corrected chi connectivity index (χ1v) is 5.88. The van der Waals surface area contributed by atoms with E-state index in [4.69, 9.17) is 10.00 Å². The van der Waals surface area contributed by atoms with Crippen molar-refractivity contribution in [3.63, 3.8) is 0 Å². The van der Waals surface area contributed by atoms with E-state index in [1.54, 1.807) is 26.0 Å². The first-order chi connectivity index (χ1) is 8.54. The van der Waals surface area contributed by atoms with Crippen LogP contribution in [0.1, 0.15) is 32.3 Å². The number of nitriles is 1. The Morgan fingerprint density at radius 1 is 1.44 bits per heavy atom. The summed E-state index contributed by atoms with van der Waals surface area (Å²) in [7, 11) is 0. The first-order valence-electron chi connectivity index (χ1n) is 5.88. The van der Waals surface area contributed by atoms with Gasteiger partial charge in [0.1, 0.15) is 5.75 Å². The molecule has 1 unspecified atom stereocenters. The molecule has 1 aromatic rings. The highest BCUT2D eigenvalue weighted by Gasteiger charge is 2.36. The van der Waals surface area contributed by atoms with Crippen LogP contribution >= 0.6 is 0 Å². The lowest BCUT2D eigenvalue weighted by molar-refractivity contribution is -0.149. The number of carbonyl (C=O) groups excluding carboxylic acids is 1. The first kappa shape index (κ1) is 14.0. The maximum Gasteiger partial charge on any atom is 0.316 e. The van der Waals surface area contributed by atoms with Crippen molar-refractivity contribution in [2.75, 3.05) is 6.61 Å². The molecule has 0 spiro atoms. The molecule has 4 nitrogen and oxygen atoms in total. The molecule has 0 aromatic heterocycles. The Labute approximate surface area is 107 Å². The molecule has 0 amide bonds. The fraction of sp³-hybridized carbons (Fsp3) is 0.429. The van der Waals surface area contributed by atoms with E-state index in [0.29, 0.717) is 13.0 Å². The Kier molecular flexibility index (Phi) is 4.73. The zero-order valence-corrected chi connectivity index (χ0v) is 10.6. The molecule has 4 heteroatoms. The third-order valence-corrected chi connectivity index (χ3v) is 2.97. The van der Waals surface area contributed by atoms with Gasteiger partial charge >= 0.3 is 5.97 Å². The minimum Gasteiger partial charge on any atom is -0.508 e. The second kappa shape index (κ2) is 6.06. The van der Waals surface area contributed by atoms with Crippen LogP contribution in [0.3, 0.4) is 0 Å². The highest BCUT2D eigenvalue weighted by molar-refractivity contribution is 5.82. The SMILES string of the molecule is CCOC(=O)C(C)(CCC#N)c1ccc(O)cc1. The predicted molar refractivity (Wildman–Crippen MR) is 66.9 cm³/mol. The normalized spacial score (nSPS) is 13.4. The molecule has 1 aromatic carbocycles. The second-order valence-corrected chi connectivity index (χ2v) is 4.26. The van der Waals surface area contributed by atoms with Crippen LogP contribution in [0.15, 0.2) is 24.3 Å². The van der Waals surface area contributed by atoms with E-state index < -0.39 is 5.41 Å². The van der Waals surface area contributed by atoms with E-state index in [1.807, 2.05) is 6.07 Å². The summed E-state index contributed by atoms with van der Waals surface area (Å²) >= 11 is 0. The highest BCUT2D eigenvalue weighted by Crippen LogP contribution is 2.31. The molecule has 0 fully saturated rings. The van der Waals surface area contributed by atoms with Crippen LogP contribution in [0, 0.1) is 11.3 Å². The highest BCUT2D eigenvalue weighted by atomic mass is 16.5. The summed E-state index contributed by atoms with van der Waals surface area (Å²) in [6.07, 6.45) is 0.670. The van der Waals surface area contributed by atoms with Crippen LogP contribution < -0.4 is 0 Å². The van der Waals surface area contributed by atoms with Gasteiger partial charge in [0.25, 0.3) is 0 Å². The quantitative estimate of drug-likeness (QED) is 0.811. The molecule has 0 aliphatic rings. The molecular formula is C14H17NO3. The molecular weight excluding hydrogens is 230 g/mol. The van der Waals surface area contributed by atoms with Gasteiger partial charge in [-0.2, -0.15) is 5.26 Å². The van der Waals surface area contributed by atoms with Crippen LogP contribution in [0.2, 0.25) is 0 Å². The zero-order chi connectivity index (χ0) is 13.6. The van der Waals surface area contributed by atoms with Gasteiger partial charge in [-0.05, 0) is 38.0 Å². The Bertz CT molecular complexity index is 447. The van der Waals surface area contributed by atoms with Crippen molar-refractivity contribution in [2.45, 2.75) is 32.1 Å². The van der Waals surface area contributed by atoms with Crippen LogP contribution in [0.4, 0.5) is 0 Å². The van der Waals surface area contributed by atoms with Crippen LogP contribution in [-0.2, 0) is 14.9 Å². The minimum absolute atomic E-state index is 0.144. The third-order valence-electron chi connectivity index (χ3n) is 2.97. The summed E-state index contributed by atoms with van der Waals surface area (Å²) in [6, 6.07) is 8.47. The van der Waals surface area contributed by atoms with Crippen molar-refractivity contribution >= 4 is 5.97 Å².